The van der Waals surface area contributed by atoms with Crippen molar-refractivity contribution in [2.24, 2.45) is 0 Å². The van der Waals surface area contributed by atoms with Crippen molar-refractivity contribution in [3.8, 4) is 0 Å². The molecule has 8 heteroatoms. The van der Waals surface area contributed by atoms with Crippen LogP contribution in [0, 0.1) is 0 Å². The molecule has 2 aromatic heterocycles. The molecule has 1 aliphatic heterocycles. The first-order valence-corrected chi connectivity index (χ1v) is 10.7. The highest BCUT2D eigenvalue weighted by molar-refractivity contribution is 5.81. The van der Waals surface area contributed by atoms with Gasteiger partial charge < -0.3 is 9.88 Å². The quantitative estimate of drug-likeness (QED) is 0.660. The average molecular weight is 440 g/mol. The van der Waals surface area contributed by atoms with E-state index in [1.54, 1.807) is 30.5 Å². The zero-order chi connectivity index (χ0) is 22.3. The van der Waals surface area contributed by atoms with E-state index in [0.717, 1.165) is 68.1 Å². The number of pyridine rings is 2. The molecule has 0 radical (unpaired) electrons. The van der Waals surface area contributed by atoms with Crippen molar-refractivity contribution in [2.75, 3.05) is 31.1 Å². The Morgan fingerprint density at radius 2 is 1.78 bits per heavy atom. The third-order valence-corrected chi connectivity index (χ3v) is 6.40. The second-order valence-corrected chi connectivity index (χ2v) is 8.31. The summed E-state index contributed by atoms with van der Waals surface area (Å²) in [6.07, 6.45) is 1.48. The maximum absolute atomic E-state index is 12.8. The van der Waals surface area contributed by atoms with Crippen LogP contribution >= 0.6 is 0 Å². The van der Waals surface area contributed by atoms with Gasteiger partial charge >= 0.3 is 6.18 Å². The number of nitrogens with one attached hydrogen (secondary N) is 1. The van der Waals surface area contributed by atoms with E-state index in [9.17, 15) is 18.0 Å². The van der Waals surface area contributed by atoms with Crippen molar-refractivity contribution in [1.82, 2.24) is 14.9 Å². The molecule has 0 amide bonds. The molecule has 166 valence electrons. The minimum Gasteiger partial charge on any atom is -0.369 e. The molecule has 1 N–H and O–H groups in total. The minimum absolute atomic E-state index is 0.125. The number of piperazine rings is 1. The summed E-state index contributed by atoms with van der Waals surface area (Å²) < 4.78 is 38.4. The van der Waals surface area contributed by atoms with E-state index in [0.29, 0.717) is 16.9 Å². The van der Waals surface area contributed by atoms with Crippen LogP contribution in [0.4, 0.5) is 18.9 Å². The predicted molar refractivity (Wildman–Crippen MR) is 119 cm³/mol. The molecule has 0 spiro atoms. The first kappa shape index (κ1) is 20.8. The molecular weight excluding hydrogens is 417 g/mol. The van der Waals surface area contributed by atoms with Gasteiger partial charge in [-0.25, -0.2) is 0 Å². The van der Waals surface area contributed by atoms with Gasteiger partial charge in [0.1, 0.15) is 0 Å². The van der Waals surface area contributed by atoms with E-state index in [1.807, 2.05) is 6.07 Å². The maximum atomic E-state index is 12.8. The highest BCUT2D eigenvalue weighted by Crippen LogP contribution is 2.32. The highest BCUT2D eigenvalue weighted by atomic mass is 19.4. The zero-order valence-corrected chi connectivity index (χ0v) is 17.4. The second-order valence-electron chi connectivity index (χ2n) is 8.31. The maximum Gasteiger partial charge on any atom is 0.416 e. The molecule has 5 rings (SSSR count). The fraction of sp³-hybridized carbons (Fsp3) is 0.333. The van der Waals surface area contributed by atoms with E-state index in [1.165, 1.54) is 0 Å². The van der Waals surface area contributed by atoms with Gasteiger partial charge in [-0.05, 0) is 60.9 Å². The van der Waals surface area contributed by atoms with Gasteiger partial charge in [-0.1, -0.05) is 6.08 Å². The SMILES string of the molecule is O=c1[nH]c(C2=C[C@H](N3CCN(c4ccc(C(F)(F)F)cc4)CC3)CC2)cc2ncccc12. The van der Waals surface area contributed by atoms with E-state index in [2.05, 4.69) is 25.8 Å². The number of H-pyrrole nitrogens is 1. The van der Waals surface area contributed by atoms with Crippen LogP contribution < -0.4 is 10.5 Å². The normalized spacial score (nSPS) is 20.0. The summed E-state index contributed by atoms with van der Waals surface area (Å²) in [7, 11) is 0. The molecule has 0 unspecified atom stereocenters. The highest BCUT2D eigenvalue weighted by Gasteiger charge is 2.31. The van der Waals surface area contributed by atoms with Gasteiger partial charge in [0.2, 0.25) is 0 Å². The minimum atomic E-state index is -4.31. The Morgan fingerprint density at radius 1 is 1.03 bits per heavy atom. The molecule has 1 aromatic carbocycles. The van der Waals surface area contributed by atoms with Gasteiger partial charge in [0, 0.05) is 49.8 Å². The van der Waals surface area contributed by atoms with E-state index < -0.39 is 11.7 Å². The molecule has 1 aliphatic carbocycles. The van der Waals surface area contributed by atoms with Crippen LogP contribution in [0.15, 0.2) is 59.5 Å². The zero-order valence-electron chi connectivity index (χ0n) is 17.4. The van der Waals surface area contributed by atoms with Crippen LogP contribution in [-0.2, 0) is 6.18 Å². The van der Waals surface area contributed by atoms with Crippen molar-refractivity contribution in [3.05, 3.63) is 76.3 Å². The smallest absolute Gasteiger partial charge is 0.369 e. The van der Waals surface area contributed by atoms with Gasteiger partial charge in [0.25, 0.3) is 5.56 Å². The number of anilines is 1. The average Bonchev–Trinajstić information content (AvgIpc) is 3.29. The summed E-state index contributed by atoms with van der Waals surface area (Å²) >= 11 is 0. The van der Waals surface area contributed by atoms with Crippen molar-refractivity contribution >= 4 is 22.2 Å². The number of allylic oxidation sites excluding steroid dienone is 1. The molecule has 2 aliphatic rings. The monoisotopic (exact) mass is 440 g/mol. The second kappa shape index (κ2) is 8.09. The number of nitrogens with zero attached hydrogens (tertiary/aromatic N) is 3. The van der Waals surface area contributed by atoms with Crippen LogP contribution in [-0.4, -0.2) is 47.1 Å². The van der Waals surface area contributed by atoms with Gasteiger partial charge in [-0.2, -0.15) is 13.2 Å². The molecule has 3 heterocycles. The summed E-state index contributed by atoms with van der Waals surface area (Å²) in [5, 5.41) is 0.589. The summed E-state index contributed by atoms with van der Waals surface area (Å²) in [6.45, 7) is 3.21. The number of hydrogen-bond acceptors (Lipinski definition) is 4. The summed E-state index contributed by atoms with van der Waals surface area (Å²) in [5.41, 5.74) is 2.73. The summed E-state index contributed by atoms with van der Waals surface area (Å²) in [4.78, 5) is 24.2. The van der Waals surface area contributed by atoms with Crippen LogP contribution in [0.1, 0.15) is 24.1 Å². The Morgan fingerprint density at radius 3 is 2.50 bits per heavy atom. The molecule has 3 aromatic rings. The van der Waals surface area contributed by atoms with Crippen LogP contribution in [0.5, 0.6) is 0 Å². The number of alkyl halides is 3. The Bertz CT molecular complexity index is 1210. The predicted octanol–water partition coefficient (Wildman–Crippen LogP) is 4.31. The van der Waals surface area contributed by atoms with Crippen molar-refractivity contribution in [1.29, 1.82) is 0 Å². The summed E-state index contributed by atoms with van der Waals surface area (Å²) in [5.74, 6) is 0. The van der Waals surface area contributed by atoms with Crippen LogP contribution in [0.3, 0.4) is 0 Å². The number of fused-ring (bicyclic) bond motifs is 1. The molecule has 5 nitrogen and oxygen atoms in total. The number of halogens is 3. The van der Waals surface area contributed by atoms with Gasteiger partial charge in [-0.3, -0.25) is 14.7 Å². The lowest BCUT2D eigenvalue weighted by atomic mass is 10.1. The molecule has 1 saturated heterocycles. The Hall–Kier alpha value is -3.13. The van der Waals surface area contributed by atoms with Crippen molar-refractivity contribution in [2.45, 2.75) is 25.1 Å². The first-order valence-electron chi connectivity index (χ1n) is 10.7. The number of aromatic nitrogens is 2. The first-order chi connectivity index (χ1) is 15.4. The fourth-order valence-electron chi connectivity index (χ4n) is 4.65. The van der Waals surface area contributed by atoms with E-state index in [-0.39, 0.29) is 5.56 Å². The van der Waals surface area contributed by atoms with E-state index >= 15 is 0 Å². The lowest BCUT2D eigenvalue weighted by Crippen LogP contribution is -2.49. The van der Waals surface area contributed by atoms with Gasteiger partial charge in [0.05, 0.1) is 16.5 Å². The van der Waals surface area contributed by atoms with Gasteiger partial charge in [0.15, 0.2) is 0 Å². The fourth-order valence-corrected chi connectivity index (χ4v) is 4.65. The Kier molecular flexibility index (Phi) is 5.25. The summed E-state index contributed by atoms with van der Waals surface area (Å²) in [6, 6.07) is 11.2. The number of benzene rings is 1. The standard InChI is InChI=1S/C24H23F3N4O/c25-24(26,27)17-4-7-18(8-5-17)30-10-12-31(13-11-30)19-6-3-16(14-19)21-15-22-20(23(32)29-21)2-1-9-28-22/h1-2,4-5,7-9,14-15,19H,3,6,10-13H2,(H,29,32)/t19-/m1/s1. The topological polar surface area (TPSA) is 52.2 Å². The molecule has 32 heavy (non-hydrogen) atoms. The number of hydrogen-bond donors (Lipinski definition) is 1. The lowest BCUT2D eigenvalue weighted by Gasteiger charge is -2.38. The van der Waals surface area contributed by atoms with Crippen LogP contribution in [0.2, 0.25) is 0 Å². The number of aromatic amines is 1. The molecular formula is C24H23F3N4O. The Labute approximate surface area is 183 Å². The molecule has 0 bridgehead atoms. The third kappa shape index (κ3) is 4.02. The molecule has 0 saturated carbocycles. The van der Waals surface area contributed by atoms with Crippen molar-refractivity contribution in [3.63, 3.8) is 0 Å². The largest absolute Gasteiger partial charge is 0.416 e. The number of rotatable bonds is 3. The third-order valence-electron chi connectivity index (χ3n) is 6.40. The Balaban J connectivity index is 1.25. The van der Waals surface area contributed by atoms with Gasteiger partial charge in [-0.15, -0.1) is 0 Å². The lowest BCUT2D eigenvalue weighted by molar-refractivity contribution is -0.137. The molecule has 1 fully saturated rings. The van der Waals surface area contributed by atoms with E-state index in [4.69, 9.17) is 0 Å². The van der Waals surface area contributed by atoms with Crippen LogP contribution in [0.25, 0.3) is 16.5 Å². The van der Waals surface area contributed by atoms with Crippen molar-refractivity contribution < 1.29 is 13.2 Å². The molecule has 1 atom stereocenters.